The van der Waals surface area contributed by atoms with Crippen molar-refractivity contribution < 1.29 is 14.3 Å². The zero-order valence-corrected chi connectivity index (χ0v) is 12.6. The second-order valence-corrected chi connectivity index (χ2v) is 4.74. The second-order valence-electron chi connectivity index (χ2n) is 4.74. The van der Waals surface area contributed by atoms with Crippen molar-refractivity contribution >= 4 is 23.4 Å². The van der Waals surface area contributed by atoms with Crippen LogP contribution in [0.5, 0.6) is 0 Å². The van der Waals surface area contributed by atoms with Gasteiger partial charge in [-0.2, -0.15) is 0 Å². The van der Waals surface area contributed by atoms with E-state index >= 15 is 0 Å². The number of esters is 1. The van der Waals surface area contributed by atoms with Crippen molar-refractivity contribution in [3.63, 3.8) is 0 Å². The van der Waals surface area contributed by atoms with Gasteiger partial charge in [-0.05, 0) is 26.8 Å². The van der Waals surface area contributed by atoms with Crippen LogP contribution < -0.4 is 16.4 Å². The maximum atomic E-state index is 11.7. The molecule has 0 aliphatic heterocycles. The number of carbonyl (C=O) groups excluding carboxylic acids is 2. The van der Waals surface area contributed by atoms with Gasteiger partial charge in [0.25, 0.3) is 0 Å². The summed E-state index contributed by atoms with van der Waals surface area (Å²) in [6.45, 7) is 6.17. The van der Waals surface area contributed by atoms with Gasteiger partial charge in [-0.3, -0.25) is 4.79 Å². The van der Waals surface area contributed by atoms with E-state index in [1.54, 1.807) is 6.92 Å². The number of carbonyl (C=O) groups is 2. The van der Waals surface area contributed by atoms with Crippen LogP contribution in [0.4, 0.5) is 11.5 Å². The molecular weight excluding hydrogens is 272 g/mol. The van der Waals surface area contributed by atoms with Gasteiger partial charge in [0.05, 0.1) is 17.9 Å². The van der Waals surface area contributed by atoms with Crippen LogP contribution in [0.1, 0.15) is 37.6 Å². The van der Waals surface area contributed by atoms with E-state index in [2.05, 4.69) is 15.6 Å². The Morgan fingerprint density at radius 3 is 2.76 bits per heavy atom. The number of nitrogens with two attached hydrogens (primary N) is 1. The zero-order valence-electron chi connectivity index (χ0n) is 12.6. The number of amides is 1. The topological polar surface area (TPSA) is 106 Å². The Hall–Kier alpha value is -2.31. The van der Waals surface area contributed by atoms with Crippen molar-refractivity contribution in [1.82, 2.24) is 10.3 Å². The third kappa shape index (κ3) is 5.29. The van der Waals surface area contributed by atoms with Crippen LogP contribution in [-0.4, -0.2) is 36.1 Å². The first-order chi connectivity index (χ1) is 9.95. The molecule has 0 saturated heterocycles. The minimum Gasteiger partial charge on any atom is -0.462 e. The first-order valence-corrected chi connectivity index (χ1v) is 6.90. The van der Waals surface area contributed by atoms with E-state index < -0.39 is 5.97 Å². The molecule has 0 radical (unpaired) electrons. The predicted octanol–water partition coefficient (Wildman–Crippen LogP) is 1.17. The van der Waals surface area contributed by atoms with E-state index in [0.717, 1.165) is 0 Å². The lowest BCUT2D eigenvalue weighted by atomic mass is 10.2. The van der Waals surface area contributed by atoms with Gasteiger partial charge >= 0.3 is 5.97 Å². The molecule has 0 atom stereocenters. The molecule has 0 fully saturated rings. The summed E-state index contributed by atoms with van der Waals surface area (Å²) in [4.78, 5) is 27.3. The van der Waals surface area contributed by atoms with Gasteiger partial charge in [-0.1, -0.05) is 0 Å². The highest BCUT2D eigenvalue weighted by Gasteiger charge is 2.14. The molecule has 116 valence electrons. The molecule has 21 heavy (non-hydrogen) atoms. The number of pyridine rings is 1. The van der Waals surface area contributed by atoms with E-state index in [9.17, 15) is 9.59 Å². The minimum absolute atomic E-state index is 0.0578. The Kier molecular flexibility index (Phi) is 6.45. The van der Waals surface area contributed by atoms with E-state index in [1.807, 2.05) is 13.8 Å². The Bertz CT molecular complexity index is 503. The fraction of sp³-hybridized carbons (Fsp3) is 0.500. The smallest absolute Gasteiger partial charge is 0.340 e. The summed E-state index contributed by atoms with van der Waals surface area (Å²) in [5.41, 5.74) is 6.37. The molecule has 1 aromatic rings. The molecule has 4 N–H and O–H groups in total. The fourth-order valence-corrected chi connectivity index (χ4v) is 1.69. The molecule has 0 aromatic carbocycles. The first-order valence-electron chi connectivity index (χ1n) is 6.90. The Balaban J connectivity index is 2.62. The first kappa shape index (κ1) is 16.7. The van der Waals surface area contributed by atoms with Crippen molar-refractivity contribution in [3.05, 3.63) is 17.8 Å². The van der Waals surface area contributed by atoms with Crippen LogP contribution in [0.3, 0.4) is 0 Å². The van der Waals surface area contributed by atoms with Crippen LogP contribution in [0.25, 0.3) is 0 Å². The number of nitrogens with zero attached hydrogens (tertiary/aromatic N) is 1. The molecule has 1 amide bonds. The number of nitrogens with one attached hydrogen (secondary N) is 2. The van der Waals surface area contributed by atoms with Crippen molar-refractivity contribution in [2.24, 2.45) is 0 Å². The number of aromatic nitrogens is 1. The molecule has 0 unspecified atom stereocenters. The quantitative estimate of drug-likeness (QED) is 0.652. The highest BCUT2D eigenvalue weighted by atomic mass is 16.5. The second kappa shape index (κ2) is 8.08. The van der Waals surface area contributed by atoms with Crippen molar-refractivity contribution in [3.8, 4) is 0 Å². The van der Waals surface area contributed by atoms with Gasteiger partial charge in [0, 0.05) is 25.2 Å². The molecule has 7 nitrogen and oxygen atoms in total. The third-order valence-corrected chi connectivity index (χ3v) is 2.58. The highest BCUT2D eigenvalue weighted by Crippen LogP contribution is 2.20. The number of ether oxygens (including phenoxy) is 1. The summed E-state index contributed by atoms with van der Waals surface area (Å²) >= 11 is 0. The van der Waals surface area contributed by atoms with Crippen LogP contribution in [-0.2, 0) is 9.53 Å². The van der Waals surface area contributed by atoms with Gasteiger partial charge in [0.1, 0.15) is 5.82 Å². The minimum atomic E-state index is -0.488. The van der Waals surface area contributed by atoms with Crippen LogP contribution in [0.2, 0.25) is 0 Å². The van der Waals surface area contributed by atoms with E-state index in [4.69, 9.17) is 10.5 Å². The van der Waals surface area contributed by atoms with Crippen molar-refractivity contribution in [2.45, 2.75) is 33.2 Å². The molecule has 0 spiro atoms. The summed E-state index contributed by atoms with van der Waals surface area (Å²) < 4.78 is 4.91. The average molecular weight is 294 g/mol. The normalized spacial score (nSPS) is 10.3. The molecule has 0 aliphatic carbocycles. The number of nitrogen functional groups attached to an aromatic ring is 1. The number of hydrogen-bond donors (Lipinski definition) is 3. The summed E-state index contributed by atoms with van der Waals surface area (Å²) in [5.74, 6) is -0.173. The SMILES string of the molecule is CCOC(=O)c1ccnc(NCCC(=O)NC(C)C)c1N. The van der Waals surface area contributed by atoms with Gasteiger partial charge in [-0.15, -0.1) is 0 Å². The molecule has 0 bridgehead atoms. The van der Waals surface area contributed by atoms with E-state index in [0.29, 0.717) is 18.8 Å². The molecule has 0 saturated carbocycles. The molecule has 0 aliphatic rings. The Labute approximate surface area is 124 Å². The molecular formula is C14H22N4O3. The molecule has 1 rings (SSSR count). The van der Waals surface area contributed by atoms with Crippen molar-refractivity contribution in [1.29, 1.82) is 0 Å². The highest BCUT2D eigenvalue weighted by molar-refractivity contribution is 5.97. The van der Waals surface area contributed by atoms with E-state index in [1.165, 1.54) is 12.3 Å². The predicted molar refractivity (Wildman–Crippen MR) is 81.0 cm³/mol. The van der Waals surface area contributed by atoms with Gasteiger partial charge in [0.2, 0.25) is 5.91 Å². The van der Waals surface area contributed by atoms with Crippen LogP contribution >= 0.6 is 0 Å². The third-order valence-electron chi connectivity index (χ3n) is 2.58. The summed E-state index contributed by atoms with van der Waals surface area (Å²) in [6, 6.07) is 1.61. The molecule has 1 aromatic heterocycles. The lowest BCUT2D eigenvalue weighted by Crippen LogP contribution is -2.31. The van der Waals surface area contributed by atoms with Crippen molar-refractivity contribution in [2.75, 3.05) is 24.2 Å². The standard InChI is InChI=1S/C14H22N4O3/c1-4-21-14(20)10-5-7-16-13(12(10)15)17-8-6-11(19)18-9(2)3/h5,7,9H,4,6,8,15H2,1-3H3,(H,16,17)(H,18,19). The van der Waals surface area contributed by atoms with Gasteiger partial charge in [-0.25, -0.2) is 9.78 Å². The maximum absolute atomic E-state index is 11.7. The number of hydrogen-bond acceptors (Lipinski definition) is 6. The number of rotatable bonds is 7. The van der Waals surface area contributed by atoms with Crippen LogP contribution in [0.15, 0.2) is 12.3 Å². The molecule has 1 heterocycles. The summed E-state index contributed by atoms with van der Waals surface area (Å²) in [5, 5.41) is 5.74. The fourth-order valence-electron chi connectivity index (χ4n) is 1.69. The average Bonchev–Trinajstić information content (AvgIpc) is 2.40. The lowest BCUT2D eigenvalue weighted by molar-refractivity contribution is -0.121. The van der Waals surface area contributed by atoms with Gasteiger partial charge < -0.3 is 21.1 Å². The lowest BCUT2D eigenvalue weighted by Gasteiger charge is -2.12. The number of anilines is 2. The zero-order chi connectivity index (χ0) is 15.8. The maximum Gasteiger partial charge on any atom is 0.340 e. The largest absolute Gasteiger partial charge is 0.462 e. The molecule has 7 heteroatoms. The van der Waals surface area contributed by atoms with Gasteiger partial charge in [0.15, 0.2) is 0 Å². The monoisotopic (exact) mass is 294 g/mol. The Morgan fingerprint density at radius 2 is 2.14 bits per heavy atom. The van der Waals surface area contributed by atoms with E-state index in [-0.39, 0.29) is 29.8 Å². The van der Waals surface area contributed by atoms with Crippen LogP contribution in [0, 0.1) is 0 Å². The summed E-state index contributed by atoms with van der Waals surface area (Å²) in [6.07, 6.45) is 1.77. The Morgan fingerprint density at radius 1 is 1.43 bits per heavy atom. The summed E-state index contributed by atoms with van der Waals surface area (Å²) in [7, 11) is 0.